The predicted octanol–water partition coefficient (Wildman–Crippen LogP) is 4.16. The van der Waals surface area contributed by atoms with E-state index in [4.69, 9.17) is 20.8 Å². The van der Waals surface area contributed by atoms with E-state index in [0.717, 1.165) is 16.3 Å². The Morgan fingerprint density at radius 2 is 1.95 bits per heavy atom. The van der Waals surface area contributed by atoms with Crippen LogP contribution in [-0.4, -0.2) is 12.1 Å². The van der Waals surface area contributed by atoms with Crippen molar-refractivity contribution in [1.29, 1.82) is 0 Å². The van der Waals surface area contributed by atoms with Crippen molar-refractivity contribution in [3.63, 3.8) is 0 Å². The average molecular weight is 312 g/mol. The highest BCUT2D eigenvalue weighted by Gasteiger charge is 2.11. The minimum atomic E-state index is -0.415. The van der Waals surface area contributed by atoms with Crippen LogP contribution in [0.5, 0.6) is 5.75 Å². The van der Waals surface area contributed by atoms with Crippen LogP contribution < -0.4 is 10.4 Å². The van der Waals surface area contributed by atoms with Gasteiger partial charge in [-0.3, -0.25) is 0 Å². The predicted molar refractivity (Wildman–Crippen MR) is 86.9 cm³/mol. The molecule has 4 aromatic rings. The zero-order valence-electron chi connectivity index (χ0n) is 11.6. The molecule has 0 aliphatic rings. The van der Waals surface area contributed by atoms with E-state index in [1.165, 1.54) is 0 Å². The first-order valence-electron chi connectivity index (χ1n) is 6.66. The van der Waals surface area contributed by atoms with Gasteiger partial charge in [-0.2, -0.15) is 0 Å². The number of ether oxygens (including phenoxy) is 1. The molecule has 0 saturated carbocycles. The van der Waals surface area contributed by atoms with Crippen LogP contribution in [0.3, 0.4) is 0 Å². The van der Waals surface area contributed by atoms with Crippen molar-refractivity contribution >= 4 is 44.4 Å². The van der Waals surface area contributed by atoms with Gasteiger partial charge in [0, 0.05) is 15.8 Å². The molecule has 2 aromatic carbocycles. The first-order chi connectivity index (χ1) is 10.7. The minimum Gasteiger partial charge on any atom is -0.497 e. The molecule has 0 N–H and O–H groups in total. The highest BCUT2D eigenvalue weighted by atomic mass is 35.5. The van der Waals surface area contributed by atoms with E-state index < -0.39 is 5.63 Å². The van der Waals surface area contributed by atoms with Gasteiger partial charge in [-0.1, -0.05) is 11.6 Å². The maximum Gasteiger partial charge on any atom is 0.345 e. The first-order valence-corrected chi connectivity index (χ1v) is 7.04. The molecule has 0 atom stereocenters. The molecule has 0 spiro atoms. The molecule has 0 aliphatic heterocycles. The molecule has 2 aromatic heterocycles. The number of benzene rings is 2. The molecule has 5 heteroatoms. The second kappa shape index (κ2) is 4.71. The average Bonchev–Trinajstić information content (AvgIpc) is 2.54. The molecule has 0 saturated heterocycles. The van der Waals surface area contributed by atoms with Crippen molar-refractivity contribution in [2.24, 2.45) is 0 Å². The number of pyridine rings is 1. The van der Waals surface area contributed by atoms with Crippen LogP contribution in [0.2, 0.25) is 5.02 Å². The van der Waals surface area contributed by atoms with Gasteiger partial charge in [-0.05, 0) is 42.5 Å². The van der Waals surface area contributed by atoms with E-state index in [1.54, 1.807) is 31.4 Å². The maximum absolute atomic E-state index is 12.2. The summed E-state index contributed by atoms with van der Waals surface area (Å²) in [5.41, 5.74) is 1.43. The van der Waals surface area contributed by atoms with Crippen LogP contribution in [0.15, 0.2) is 51.7 Å². The number of methoxy groups -OCH3 is 1. The zero-order chi connectivity index (χ0) is 15.3. The highest BCUT2D eigenvalue weighted by Crippen LogP contribution is 2.28. The molecule has 0 radical (unpaired) electrons. The number of halogens is 1. The van der Waals surface area contributed by atoms with Gasteiger partial charge < -0.3 is 9.15 Å². The van der Waals surface area contributed by atoms with Crippen molar-refractivity contribution in [3.05, 3.63) is 57.9 Å². The fourth-order valence-corrected chi connectivity index (χ4v) is 2.75. The Hall–Kier alpha value is -2.59. The molecule has 108 valence electrons. The standard InChI is InChI=1S/C17H10ClNO3/c1-21-11-3-4-14-9(6-11)7-13-16(19-14)12-8-10(18)2-5-15(12)22-17(13)20/h2-8H,1H3. The number of aromatic nitrogens is 1. The zero-order valence-corrected chi connectivity index (χ0v) is 12.3. The first kappa shape index (κ1) is 13.1. The van der Waals surface area contributed by atoms with Gasteiger partial charge in [0.1, 0.15) is 11.3 Å². The van der Waals surface area contributed by atoms with Gasteiger partial charge in [-0.15, -0.1) is 0 Å². The van der Waals surface area contributed by atoms with Gasteiger partial charge in [-0.25, -0.2) is 9.78 Å². The van der Waals surface area contributed by atoms with Crippen LogP contribution in [0, 0.1) is 0 Å². The molecule has 4 nitrogen and oxygen atoms in total. The fraction of sp³-hybridized carbons (Fsp3) is 0.0588. The Balaban J connectivity index is 2.21. The lowest BCUT2D eigenvalue weighted by molar-refractivity contribution is 0.415. The van der Waals surface area contributed by atoms with Gasteiger partial charge in [0.05, 0.1) is 23.5 Å². The van der Waals surface area contributed by atoms with Crippen LogP contribution in [-0.2, 0) is 0 Å². The van der Waals surface area contributed by atoms with Gasteiger partial charge in [0.25, 0.3) is 0 Å². The molecule has 22 heavy (non-hydrogen) atoms. The van der Waals surface area contributed by atoms with Crippen LogP contribution in [0.1, 0.15) is 0 Å². The Bertz CT molecular complexity index is 1100. The maximum atomic E-state index is 12.2. The molecule has 0 amide bonds. The summed E-state index contributed by atoms with van der Waals surface area (Å²) < 4.78 is 10.6. The molecule has 0 unspecified atom stereocenters. The van der Waals surface area contributed by atoms with Crippen LogP contribution >= 0.6 is 11.6 Å². The SMILES string of the molecule is COc1ccc2nc3c(cc2c1)c(=O)oc1ccc(Cl)cc13. The third-order valence-corrected chi connectivity index (χ3v) is 3.88. The lowest BCUT2D eigenvalue weighted by atomic mass is 10.1. The van der Waals surface area contributed by atoms with Crippen molar-refractivity contribution in [2.45, 2.75) is 0 Å². The summed E-state index contributed by atoms with van der Waals surface area (Å²) in [5.74, 6) is 0.710. The Morgan fingerprint density at radius 1 is 1.09 bits per heavy atom. The van der Waals surface area contributed by atoms with E-state index in [1.807, 2.05) is 18.2 Å². The Morgan fingerprint density at radius 3 is 2.77 bits per heavy atom. The highest BCUT2D eigenvalue weighted by molar-refractivity contribution is 6.31. The van der Waals surface area contributed by atoms with Crippen molar-refractivity contribution < 1.29 is 9.15 Å². The molecule has 4 rings (SSSR count). The van der Waals surface area contributed by atoms with E-state index >= 15 is 0 Å². The van der Waals surface area contributed by atoms with Crippen LogP contribution in [0.25, 0.3) is 32.8 Å². The monoisotopic (exact) mass is 311 g/mol. The summed E-state index contributed by atoms with van der Waals surface area (Å²) in [5, 5.41) is 2.54. The molecular formula is C17H10ClNO3. The summed E-state index contributed by atoms with van der Waals surface area (Å²) in [7, 11) is 1.60. The van der Waals surface area contributed by atoms with Crippen molar-refractivity contribution in [1.82, 2.24) is 4.98 Å². The van der Waals surface area contributed by atoms with Crippen LogP contribution in [0.4, 0.5) is 0 Å². The van der Waals surface area contributed by atoms with Gasteiger partial charge in [0.2, 0.25) is 0 Å². The number of fused-ring (bicyclic) bond motifs is 4. The lowest BCUT2D eigenvalue weighted by Gasteiger charge is -2.06. The molecule has 0 fully saturated rings. The lowest BCUT2D eigenvalue weighted by Crippen LogP contribution is -2.01. The van der Waals surface area contributed by atoms with Gasteiger partial charge in [0.15, 0.2) is 0 Å². The van der Waals surface area contributed by atoms with E-state index in [0.29, 0.717) is 27.3 Å². The largest absolute Gasteiger partial charge is 0.497 e. The molecular weight excluding hydrogens is 302 g/mol. The van der Waals surface area contributed by atoms with E-state index in [9.17, 15) is 4.79 Å². The van der Waals surface area contributed by atoms with Crippen molar-refractivity contribution in [2.75, 3.05) is 7.11 Å². The second-order valence-electron chi connectivity index (χ2n) is 4.97. The Kier molecular flexibility index (Phi) is 2.81. The molecule has 0 bridgehead atoms. The third-order valence-electron chi connectivity index (χ3n) is 3.64. The summed E-state index contributed by atoms with van der Waals surface area (Å²) in [6, 6.07) is 12.4. The van der Waals surface area contributed by atoms with Crippen molar-refractivity contribution in [3.8, 4) is 5.75 Å². The summed E-state index contributed by atoms with van der Waals surface area (Å²) in [6.45, 7) is 0. The quantitative estimate of drug-likeness (QED) is 0.301. The molecule has 0 aliphatic carbocycles. The third kappa shape index (κ3) is 1.92. The topological polar surface area (TPSA) is 52.3 Å². The number of hydrogen-bond acceptors (Lipinski definition) is 4. The van der Waals surface area contributed by atoms with Gasteiger partial charge >= 0.3 is 5.63 Å². The smallest absolute Gasteiger partial charge is 0.345 e. The second-order valence-corrected chi connectivity index (χ2v) is 5.41. The fourth-order valence-electron chi connectivity index (χ4n) is 2.57. The number of hydrogen-bond donors (Lipinski definition) is 0. The number of rotatable bonds is 1. The minimum absolute atomic E-state index is 0.415. The number of nitrogens with zero attached hydrogens (tertiary/aromatic N) is 1. The van der Waals surface area contributed by atoms with E-state index in [-0.39, 0.29) is 0 Å². The normalized spacial score (nSPS) is 11.4. The summed E-state index contributed by atoms with van der Waals surface area (Å²) in [4.78, 5) is 16.8. The Labute approximate surface area is 129 Å². The van der Waals surface area contributed by atoms with E-state index in [2.05, 4.69) is 4.98 Å². The summed E-state index contributed by atoms with van der Waals surface area (Å²) in [6.07, 6.45) is 0. The summed E-state index contributed by atoms with van der Waals surface area (Å²) >= 11 is 6.05. The molecule has 2 heterocycles.